The zero-order valence-electron chi connectivity index (χ0n) is 18.9. The van der Waals surface area contributed by atoms with E-state index in [1.165, 1.54) is 36.8 Å². The summed E-state index contributed by atoms with van der Waals surface area (Å²) in [5.74, 6) is 1.42. The van der Waals surface area contributed by atoms with E-state index in [1.54, 1.807) is 22.3 Å². The van der Waals surface area contributed by atoms with Crippen LogP contribution in [0.5, 0.6) is 0 Å². The predicted molar refractivity (Wildman–Crippen MR) is 128 cm³/mol. The van der Waals surface area contributed by atoms with E-state index in [0.717, 1.165) is 0 Å². The summed E-state index contributed by atoms with van der Waals surface area (Å²) in [6, 6.07) is 22.6. The van der Waals surface area contributed by atoms with Gasteiger partial charge in [0.05, 0.1) is 0 Å². The summed E-state index contributed by atoms with van der Waals surface area (Å²) in [5.41, 5.74) is 9.75. The Morgan fingerprint density at radius 3 is 1.27 bits per heavy atom. The van der Waals surface area contributed by atoms with E-state index < -0.39 is 0 Å². The smallest absolute Gasteiger partial charge is 0.0463 e. The lowest BCUT2D eigenvalue weighted by Gasteiger charge is -2.68. The van der Waals surface area contributed by atoms with Gasteiger partial charge in [0.1, 0.15) is 0 Å². The Morgan fingerprint density at radius 2 is 0.967 bits per heavy atom. The molecule has 0 aliphatic heterocycles. The van der Waals surface area contributed by atoms with Gasteiger partial charge in [-0.25, -0.2) is 0 Å². The van der Waals surface area contributed by atoms with Gasteiger partial charge in [-0.3, -0.25) is 0 Å². The number of rotatable bonds is 8. The van der Waals surface area contributed by atoms with E-state index >= 15 is 0 Å². The third kappa shape index (κ3) is 2.40. The molecule has 0 amide bonds. The average Bonchev–Trinajstić information content (AvgIpc) is 2.81. The van der Waals surface area contributed by atoms with Gasteiger partial charge in [-0.05, 0) is 58.1 Å². The van der Waals surface area contributed by atoms with E-state index in [4.69, 9.17) is 0 Å². The Morgan fingerprint density at radius 1 is 0.600 bits per heavy atom. The van der Waals surface area contributed by atoms with Crippen molar-refractivity contribution in [3.63, 3.8) is 0 Å². The van der Waals surface area contributed by atoms with Crippen LogP contribution in [0.15, 0.2) is 95.1 Å². The Hall–Kier alpha value is -2.34. The summed E-state index contributed by atoms with van der Waals surface area (Å²) in [6.45, 7) is 9.52. The van der Waals surface area contributed by atoms with Crippen LogP contribution in [0.4, 0.5) is 0 Å². The van der Waals surface area contributed by atoms with Crippen LogP contribution in [0.3, 0.4) is 0 Å². The molecule has 0 aromatic heterocycles. The maximum absolute atomic E-state index is 2.46. The summed E-state index contributed by atoms with van der Waals surface area (Å²) < 4.78 is 0. The van der Waals surface area contributed by atoms with Crippen molar-refractivity contribution in [2.75, 3.05) is 0 Å². The lowest BCUT2D eigenvalue weighted by atomic mass is 9.34. The van der Waals surface area contributed by atoms with Crippen molar-refractivity contribution in [3.8, 4) is 0 Å². The Balaban J connectivity index is 1.69. The standard InChI is InChI=1S/C30H34/c1-5-21(3)19-29(23-13-9-7-10-14-23)25-17-18-26-27(29)28(25)30(26,20-22(4)6-2)24-15-11-8-12-16-24/h7-18,21-22H,5-6,19-20H2,1-4H3. The molecule has 4 unspecified atom stereocenters. The van der Waals surface area contributed by atoms with Gasteiger partial charge >= 0.3 is 0 Å². The second-order valence-electron chi connectivity index (χ2n) is 9.89. The van der Waals surface area contributed by atoms with Crippen molar-refractivity contribution in [2.24, 2.45) is 11.8 Å². The molecule has 4 bridgehead atoms. The molecule has 6 rings (SSSR count). The first-order chi connectivity index (χ1) is 14.6. The van der Waals surface area contributed by atoms with E-state index in [9.17, 15) is 0 Å². The van der Waals surface area contributed by atoms with Crippen molar-refractivity contribution >= 4 is 0 Å². The van der Waals surface area contributed by atoms with E-state index in [1.807, 2.05) is 0 Å². The monoisotopic (exact) mass is 394 g/mol. The minimum Gasteiger partial charge on any atom is -0.0651 e. The van der Waals surface area contributed by atoms with Gasteiger partial charge in [0.15, 0.2) is 0 Å². The fourth-order valence-corrected chi connectivity index (χ4v) is 6.38. The van der Waals surface area contributed by atoms with Gasteiger partial charge < -0.3 is 0 Å². The minimum absolute atomic E-state index is 0.115. The third-order valence-corrected chi connectivity index (χ3v) is 8.21. The van der Waals surface area contributed by atoms with Crippen molar-refractivity contribution in [1.82, 2.24) is 0 Å². The van der Waals surface area contributed by atoms with Gasteiger partial charge in [0.25, 0.3) is 0 Å². The summed E-state index contributed by atoms with van der Waals surface area (Å²) >= 11 is 0. The SMILES string of the molecule is CCC(C)CC1(c2ccccc2)C2=CC=C3C1=C2C3(CC(C)CC)c1ccccc1. The molecule has 0 fully saturated rings. The molecular formula is C30H34. The van der Waals surface area contributed by atoms with Crippen LogP contribution in [-0.2, 0) is 10.8 Å². The maximum atomic E-state index is 2.46. The molecule has 0 saturated heterocycles. The van der Waals surface area contributed by atoms with Crippen LogP contribution < -0.4 is 0 Å². The largest absolute Gasteiger partial charge is 0.0651 e. The molecule has 0 heterocycles. The third-order valence-electron chi connectivity index (χ3n) is 8.21. The predicted octanol–water partition coefficient (Wildman–Crippen LogP) is 7.93. The molecule has 0 N–H and O–H groups in total. The topological polar surface area (TPSA) is 0 Å². The first kappa shape index (κ1) is 19.6. The Labute approximate surface area is 182 Å². The van der Waals surface area contributed by atoms with E-state index in [2.05, 4.69) is 101 Å². The Bertz CT molecular complexity index is 950. The highest BCUT2D eigenvalue weighted by molar-refractivity contribution is 5.90. The molecule has 0 saturated carbocycles. The lowest BCUT2D eigenvalue weighted by molar-refractivity contribution is 0.297. The highest BCUT2D eigenvalue weighted by atomic mass is 14.7. The average molecular weight is 395 g/mol. The number of hydrogen-bond acceptors (Lipinski definition) is 0. The zero-order valence-corrected chi connectivity index (χ0v) is 18.9. The molecule has 154 valence electrons. The van der Waals surface area contributed by atoms with Crippen molar-refractivity contribution in [2.45, 2.75) is 64.2 Å². The van der Waals surface area contributed by atoms with Crippen LogP contribution in [0.2, 0.25) is 0 Å². The molecular weight excluding hydrogens is 360 g/mol. The van der Waals surface area contributed by atoms with E-state index in [-0.39, 0.29) is 10.8 Å². The van der Waals surface area contributed by atoms with Gasteiger partial charge in [-0.15, -0.1) is 0 Å². The van der Waals surface area contributed by atoms with Crippen LogP contribution in [0, 0.1) is 11.8 Å². The van der Waals surface area contributed by atoms with Crippen LogP contribution in [0.25, 0.3) is 0 Å². The highest BCUT2D eigenvalue weighted by Gasteiger charge is 2.68. The molecule has 2 aromatic carbocycles. The molecule has 0 spiro atoms. The fraction of sp³-hybridized carbons (Fsp3) is 0.400. The first-order valence-electron chi connectivity index (χ1n) is 11.9. The van der Waals surface area contributed by atoms with Crippen molar-refractivity contribution in [1.29, 1.82) is 0 Å². The van der Waals surface area contributed by atoms with Crippen molar-refractivity contribution in [3.05, 3.63) is 106 Å². The number of benzene rings is 2. The molecule has 0 heteroatoms. The highest BCUT2D eigenvalue weighted by Crippen LogP contribution is 2.76. The summed E-state index contributed by atoms with van der Waals surface area (Å²) in [6.07, 6.45) is 9.85. The number of hydrogen-bond donors (Lipinski definition) is 0. The van der Waals surface area contributed by atoms with Gasteiger partial charge in [0.2, 0.25) is 0 Å². The molecule has 2 aromatic rings. The fourth-order valence-electron chi connectivity index (χ4n) is 6.38. The molecule has 4 aliphatic carbocycles. The maximum Gasteiger partial charge on any atom is 0.0463 e. The van der Waals surface area contributed by atoms with Gasteiger partial charge in [0, 0.05) is 10.8 Å². The van der Waals surface area contributed by atoms with Crippen LogP contribution in [-0.4, -0.2) is 0 Å². The number of allylic oxidation sites excluding steroid dienone is 6. The molecule has 0 radical (unpaired) electrons. The quantitative estimate of drug-likeness (QED) is 0.426. The molecule has 0 nitrogen and oxygen atoms in total. The normalized spacial score (nSPS) is 28.1. The summed E-state index contributed by atoms with van der Waals surface area (Å²) in [5, 5.41) is 0. The zero-order chi connectivity index (χ0) is 20.9. The summed E-state index contributed by atoms with van der Waals surface area (Å²) in [4.78, 5) is 0. The second-order valence-corrected chi connectivity index (χ2v) is 9.89. The summed E-state index contributed by atoms with van der Waals surface area (Å²) in [7, 11) is 0. The molecule has 30 heavy (non-hydrogen) atoms. The second kappa shape index (κ2) is 7.12. The Kier molecular flexibility index (Phi) is 4.65. The van der Waals surface area contributed by atoms with Crippen LogP contribution >= 0.6 is 0 Å². The van der Waals surface area contributed by atoms with Crippen LogP contribution in [0.1, 0.15) is 64.5 Å². The van der Waals surface area contributed by atoms with Gasteiger partial charge in [-0.2, -0.15) is 0 Å². The number of fused-ring (bicyclic) bond motifs is 1. The van der Waals surface area contributed by atoms with Gasteiger partial charge in [-0.1, -0.05) is 113 Å². The molecule has 4 atom stereocenters. The first-order valence-corrected chi connectivity index (χ1v) is 11.9. The minimum atomic E-state index is 0.115. The van der Waals surface area contributed by atoms with Crippen molar-refractivity contribution < 1.29 is 0 Å². The lowest BCUT2D eigenvalue weighted by Crippen LogP contribution is -2.60. The molecule has 4 aliphatic rings. The van der Waals surface area contributed by atoms with E-state index in [0.29, 0.717) is 11.8 Å².